The van der Waals surface area contributed by atoms with Gasteiger partial charge in [0, 0.05) is 12.6 Å². The molecule has 1 N–H and O–H groups in total. The van der Waals surface area contributed by atoms with Gasteiger partial charge >= 0.3 is 0 Å². The Morgan fingerprint density at radius 2 is 2.25 bits per heavy atom. The van der Waals surface area contributed by atoms with E-state index in [-0.39, 0.29) is 5.91 Å². The molecule has 20 heavy (non-hydrogen) atoms. The van der Waals surface area contributed by atoms with Gasteiger partial charge in [0.05, 0.1) is 24.0 Å². The number of halogens is 1. The normalized spacial score (nSPS) is 10.8. The third kappa shape index (κ3) is 3.05. The van der Waals surface area contributed by atoms with Crippen molar-refractivity contribution in [3.63, 3.8) is 0 Å². The second-order valence-corrected chi connectivity index (χ2v) is 4.76. The Morgan fingerprint density at radius 3 is 2.90 bits per heavy atom. The molecule has 0 aliphatic rings. The number of ether oxygens (including phenoxy) is 1. The van der Waals surface area contributed by atoms with Crippen LogP contribution in [-0.4, -0.2) is 29.0 Å². The van der Waals surface area contributed by atoms with E-state index in [1.807, 2.05) is 24.3 Å². The van der Waals surface area contributed by atoms with Crippen LogP contribution in [0.3, 0.4) is 0 Å². The molecule has 0 bridgehead atoms. The molecule has 0 fully saturated rings. The summed E-state index contributed by atoms with van der Waals surface area (Å²) >= 11 is 3.26. The lowest BCUT2D eigenvalue weighted by atomic mass is 10.2. The number of amides is 1. The molecule has 2 rings (SSSR count). The van der Waals surface area contributed by atoms with Crippen molar-refractivity contribution in [2.75, 3.05) is 7.11 Å². The summed E-state index contributed by atoms with van der Waals surface area (Å²) in [6, 6.07) is 7.39. The Labute approximate surface area is 124 Å². The number of rotatable bonds is 4. The first kappa shape index (κ1) is 14.3. The zero-order chi connectivity index (χ0) is 14.5. The molecule has 2 aromatic rings. The summed E-state index contributed by atoms with van der Waals surface area (Å²) in [7, 11) is 3.27. The fourth-order valence-electron chi connectivity index (χ4n) is 1.65. The van der Waals surface area contributed by atoms with Crippen LogP contribution in [0.15, 0.2) is 40.0 Å². The van der Waals surface area contributed by atoms with Gasteiger partial charge in [-0.2, -0.15) is 10.2 Å². The molecule has 0 radical (unpaired) electrons. The smallest absolute Gasteiger partial charge is 0.290 e. The van der Waals surface area contributed by atoms with Gasteiger partial charge in [-0.15, -0.1) is 0 Å². The van der Waals surface area contributed by atoms with Crippen molar-refractivity contribution >= 4 is 28.1 Å². The highest BCUT2D eigenvalue weighted by Gasteiger charge is 2.14. The number of aryl methyl sites for hydroxylation is 1. The summed E-state index contributed by atoms with van der Waals surface area (Å²) in [6.07, 6.45) is 3.08. The number of hydrazone groups is 1. The minimum Gasteiger partial charge on any atom is -0.496 e. The number of carbonyl (C=O) groups excluding carboxylic acids is 1. The Morgan fingerprint density at radius 1 is 1.50 bits per heavy atom. The fraction of sp³-hybridized carbons (Fsp3) is 0.154. The quantitative estimate of drug-likeness (QED) is 0.685. The molecular weight excluding hydrogens is 324 g/mol. The van der Waals surface area contributed by atoms with Gasteiger partial charge in [0.2, 0.25) is 0 Å². The largest absolute Gasteiger partial charge is 0.496 e. The van der Waals surface area contributed by atoms with Crippen LogP contribution in [0.4, 0.5) is 0 Å². The molecule has 0 spiro atoms. The van der Waals surface area contributed by atoms with Crippen LogP contribution in [0.25, 0.3) is 0 Å². The summed E-state index contributed by atoms with van der Waals surface area (Å²) < 4.78 is 7.27. The van der Waals surface area contributed by atoms with Crippen LogP contribution in [0.2, 0.25) is 0 Å². The van der Waals surface area contributed by atoms with E-state index in [0.29, 0.717) is 15.9 Å². The molecule has 0 saturated heterocycles. The highest BCUT2D eigenvalue weighted by Crippen LogP contribution is 2.15. The molecule has 0 aliphatic heterocycles. The van der Waals surface area contributed by atoms with E-state index in [4.69, 9.17) is 4.74 Å². The van der Waals surface area contributed by atoms with E-state index in [9.17, 15) is 4.79 Å². The number of benzene rings is 1. The van der Waals surface area contributed by atoms with Crippen molar-refractivity contribution in [2.45, 2.75) is 0 Å². The second-order valence-electron chi connectivity index (χ2n) is 3.91. The van der Waals surface area contributed by atoms with Crippen LogP contribution in [0, 0.1) is 0 Å². The Hall–Kier alpha value is -2.15. The first-order valence-electron chi connectivity index (χ1n) is 5.77. The van der Waals surface area contributed by atoms with Crippen LogP contribution in [0.1, 0.15) is 16.1 Å². The van der Waals surface area contributed by atoms with Crippen LogP contribution in [0.5, 0.6) is 5.75 Å². The van der Waals surface area contributed by atoms with Crippen molar-refractivity contribution in [3.05, 3.63) is 46.2 Å². The predicted molar refractivity (Wildman–Crippen MR) is 79.0 cm³/mol. The molecule has 104 valence electrons. The fourth-order valence-corrected chi connectivity index (χ4v) is 2.18. The molecule has 6 nitrogen and oxygen atoms in total. The zero-order valence-corrected chi connectivity index (χ0v) is 12.6. The minimum atomic E-state index is -0.344. The van der Waals surface area contributed by atoms with Gasteiger partial charge < -0.3 is 4.74 Å². The Balaban J connectivity index is 2.09. The number of hydrogen-bond donors (Lipinski definition) is 1. The lowest BCUT2D eigenvalue weighted by Gasteiger charge is -2.03. The average Bonchev–Trinajstić information content (AvgIpc) is 2.78. The topological polar surface area (TPSA) is 68.5 Å². The average molecular weight is 337 g/mol. The van der Waals surface area contributed by atoms with E-state index < -0.39 is 0 Å². The van der Waals surface area contributed by atoms with Crippen molar-refractivity contribution < 1.29 is 9.53 Å². The molecule has 1 aromatic carbocycles. The maximum atomic E-state index is 11.9. The lowest BCUT2D eigenvalue weighted by Crippen LogP contribution is -2.21. The zero-order valence-electron chi connectivity index (χ0n) is 11.0. The van der Waals surface area contributed by atoms with E-state index in [1.165, 1.54) is 10.9 Å². The first-order chi connectivity index (χ1) is 9.63. The highest BCUT2D eigenvalue weighted by molar-refractivity contribution is 9.10. The molecular formula is C13H13BrN4O2. The van der Waals surface area contributed by atoms with Crippen molar-refractivity contribution in [1.82, 2.24) is 15.2 Å². The van der Waals surface area contributed by atoms with Gasteiger partial charge in [-0.25, -0.2) is 5.43 Å². The second kappa shape index (κ2) is 6.33. The third-order valence-corrected chi connectivity index (χ3v) is 3.20. The summed E-state index contributed by atoms with van der Waals surface area (Å²) in [5.74, 6) is 0.343. The molecule has 1 amide bonds. The molecule has 1 aromatic heterocycles. The van der Waals surface area contributed by atoms with E-state index in [0.717, 1.165) is 5.56 Å². The Bertz CT molecular complexity index is 632. The Kier molecular flexibility index (Phi) is 4.52. The number of carbonyl (C=O) groups is 1. The molecule has 0 atom stereocenters. The maximum absolute atomic E-state index is 11.9. The van der Waals surface area contributed by atoms with Crippen molar-refractivity contribution in [3.8, 4) is 5.75 Å². The SMILES string of the molecule is COc1ccccc1/C=N\NC(=O)c1c(Br)cnn1C. The third-order valence-electron chi connectivity index (χ3n) is 2.62. The van der Waals surface area contributed by atoms with E-state index in [1.54, 1.807) is 20.4 Å². The number of aromatic nitrogens is 2. The lowest BCUT2D eigenvalue weighted by molar-refractivity contribution is 0.0945. The van der Waals surface area contributed by atoms with Gasteiger partial charge in [0.25, 0.3) is 5.91 Å². The van der Waals surface area contributed by atoms with Gasteiger partial charge in [-0.3, -0.25) is 9.48 Å². The van der Waals surface area contributed by atoms with Gasteiger partial charge in [0.15, 0.2) is 0 Å². The number of nitrogens with one attached hydrogen (secondary N) is 1. The monoisotopic (exact) mass is 336 g/mol. The van der Waals surface area contributed by atoms with Crippen molar-refractivity contribution in [1.29, 1.82) is 0 Å². The van der Waals surface area contributed by atoms with Crippen LogP contribution >= 0.6 is 15.9 Å². The van der Waals surface area contributed by atoms with Crippen molar-refractivity contribution in [2.24, 2.45) is 12.1 Å². The van der Waals surface area contributed by atoms with E-state index >= 15 is 0 Å². The molecule has 7 heteroatoms. The summed E-state index contributed by atoms with van der Waals surface area (Å²) in [5, 5.41) is 7.89. The van der Waals surface area contributed by atoms with Crippen LogP contribution in [-0.2, 0) is 7.05 Å². The summed E-state index contributed by atoms with van der Waals surface area (Å²) in [4.78, 5) is 11.9. The number of methoxy groups -OCH3 is 1. The summed E-state index contributed by atoms with van der Waals surface area (Å²) in [6.45, 7) is 0. The maximum Gasteiger partial charge on any atom is 0.290 e. The number of nitrogens with zero attached hydrogens (tertiary/aromatic N) is 3. The van der Waals surface area contributed by atoms with Gasteiger partial charge in [0.1, 0.15) is 11.4 Å². The molecule has 1 heterocycles. The van der Waals surface area contributed by atoms with Gasteiger partial charge in [-0.1, -0.05) is 12.1 Å². The summed E-state index contributed by atoms with van der Waals surface area (Å²) in [5.41, 5.74) is 3.63. The van der Waals surface area contributed by atoms with Gasteiger partial charge in [-0.05, 0) is 28.1 Å². The highest BCUT2D eigenvalue weighted by atomic mass is 79.9. The predicted octanol–water partition coefficient (Wildman–Crippen LogP) is 1.96. The molecule has 0 unspecified atom stereocenters. The first-order valence-corrected chi connectivity index (χ1v) is 6.56. The standard InChI is InChI=1S/C13H13BrN4O2/c1-18-12(10(14)8-16-18)13(19)17-15-7-9-5-3-4-6-11(9)20-2/h3-8H,1-2H3,(H,17,19)/b15-7-. The minimum absolute atomic E-state index is 0.344. The molecule has 0 aliphatic carbocycles. The molecule has 0 saturated carbocycles. The number of para-hydroxylation sites is 1. The van der Waals surface area contributed by atoms with Crippen LogP contribution < -0.4 is 10.2 Å². The van der Waals surface area contributed by atoms with E-state index in [2.05, 4.69) is 31.6 Å². The number of hydrogen-bond acceptors (Lipinski definition) is 4.